The molecule has 1 aromatic rings. The van der Waals surface area contributed by atoms with Crippen molar-refractivity contribution < 1.29 is 8.42 Å². The molecule has 1 aromatic carbocycles. The highest BCUT2D eigenvalue weighted by Crippen LogP contribution is 2.17. The van der Waals surface area contributed by atoms with E-state index in [1.165, 1.54) is 6.07 Å². The molecule has 0 saturated carbocycles. The van der Waals surface area contributed by atoms with Crippen LogP contribution in [0, 0.1) is 18.3 Å². The van der Waals surface area contributed by atoms with E-state index < -0.39 is 10.0 Å². The number of nitriles is 1. The molecule has 0 radical (unpaired) electrons. The molecule has 0 unspecified atom stereocenters. The summed E-state index contributed by atoms with van der Waals surface area (Å²) in [5.74, 6) is 0. The van der Waals surface area contributed by atoms with E-state index in [0.717, 1.165) is 0 Å². The van der Waals surface area contributed by atoms with E-state index in [-0.39, 0.29) is 17.0 Å². The van der Waals surface area contributed by atoms with Crippen LogP contribution >= 0.6 is 0 Å². The number of hydrogen-bond acceptors (Lipinski definition) is 4. The molecule has 0 aliphatic heterocycles. The van der Waals surface area contributed by atoms with Crippen molar-refractivity contribution in [2.24, 2.45) is 0 Å². The molecule has 0 spiro atoms. The predicted molar refractivity (Wildman–Crippen MR) is 65.0 cm³/mol. The van der Waals surface area contributed by atoms with Gasteiger partial charge in [0.05, 0.1) is 10.5 Å². The van der Waals surface area contributed by atoms with Crippen LogP contribution in [-0.4, -0.2) is 28.6 Å². The van der Waals surface area contributed by atoms with Gasteiger partial charge in [0.15, 0.2) is 0 Å². The van der Waals surface area contributed by atoms with Gasteiger partial charge in [0, 0.05) is 13.1 Å². The summed E-state index contributed by atoms with van der Waals surface area (Å²) in [4.78, 5) is 0.0381. The number of nitrogens with one attached hydrogen (secondary N) is 2. The van der Waals surface area contributed by atoms with Crippen molar-refractivity contribution >= 4 is 10.0 Å². The fourth-order valence-corrected chi connectivity index (χ4v) is 2.66. The Kier molecular flexibility index (Phi) is 4.63. The molecule has 0 saturated heterocycles. The Morgan fingerprint density at radius 1 is 1.35 bits per heavy atom. The van der Waals surface area contributed by atoms with Crippen molar-refractivity contribution in [1.29, 1.82) is 5.26 Å². The molecule has 0 heterocycles. The van der Waals surface area contributed by atoms with Gasteiger partial charge in [-0.3, -0.25) is 0 Å². The van der Waals surface area contributed by atoms with E-state index >= 15 is 0 Å². The van der Waals surface area contributed by atoms with Crippen LogP contribution in [0.15, 0.2) is 23.1 Å². The minimum atomic E-state index is -3.61. The summed E-state index contributed by atoms with van der Waals surface area (Å²) in [6.07, 6.45) is 0. The van der Waals surface area contributed by atoms with Crippen molar-refractivity contribution in [3.05, 3.63) is 29.3 Å². The van der Waals surface area contributed by atoms with Crippen LogP contribution in [0.2, 0.25) is 0 Å². The summed E-state index contributed by atoms with van der Waals surface area (Å²) in [7, 11) is -1.87. The summed E-state index contributed by atoms with van der Waals surface area (Å²) in [6.45, 7) is 2.54. The minimum absolute atomic E-state index is 0.0381. The minimum Gasteiger partial charge on any atom is -0.318 e. The molecule has 0 amide bonds. The van der Waals surface area contributed by atoms with E-state index in [0.29, 0.717) is 12.1 Å². The Morgan fingerprint density at radius 2 is 2.06 bits per heavy atom. The zero-order chi connectivity index (χ0) is 12.9. The Labute approximate surface area is 102 Å². The van der Waals surface area contributed by atoms with Crippen LogP contribution in [0.1, 0.15) is 11.1 Å². The molecule has 92 valence electrons. The predicted octanol–water partition coefficient (Wildman–Crippen LogP) is 0.364. The summed E-state index contributed by atoms with van der Waals surface area (Å²) in [6, 6.07) is 6.70. The smallest absolute Gasteiger partial charge is 0.241 e. The molecule has 2 N–H and O–H groups in total. The number of sulfonamides is 1. The highest BCUT2D eigenvalue weighted by atomic mass is 32.2. The first-order valence-corrected chi connectivity index (χ1v) is 6.65. The normalized spacial score (nSPS) is 11.1. The highest BCUT2D eigenvalue weighted by Gasteiger charge is 2.18. The topological polar surface area (TPSA) is 82.0 Å². The Bertz CT molecular complexity index is 532. The van der Waals surface area contributed by atoms with Gasteiger partial charge in [0.25, 0.3) is 0 Å². The summed E-state index contributed by atoms with van der Waals surface area (Å²) >= 11 is 0. The third-order valence-corrected chi connectivity index (χ3v) is 3.81. The largest absolute Gasteiger partial charge is 0.318 e. The van der Waals surface area contributed by atoms with Crippen LogP contribution in [0.3, 0.4) is 0 Å². The summed E-state index contributed by atoms with van der Waals surface area (Å²) in [5.41, 5.74) is 0.855. The van der Waals surface area contributed by atoms with Crippen molar-refractivity contribution in [1.82, 2.24) is 10.0 Å². The van der Waals surface area contributed by atoms with Gasteiger partial charge in [-0.05, 0) is 25.6 Å². The van der Waals surface area contributed by atoms with Crippen molar-refractivity contribution in [3.8, 4) is 6.07 Å². The van der Waals surface area contributed by atoms with Gasteiger partial charge in [-0.25, -0.2) is 13.1 Å². The second kappa shape index (κ2) is 5.77. The Balaban J connectivity index is 3.08. The van der Waals surface area contributed by atoms with Crippen LogP contribution in [-0.2, 0) is 10.0 Å². The number of rotatable bonds is 5. The molecule has 6 heteroatoms. The molecule has 0 fully saturated rings. The second-order valence-electron chi connectivity index (χ2n) is 3.56. The van der Waals surface area contributed by atoms with Crippen LogP contribution in [0.5, 0.6) is 0 Å². The third kappa shape index (κ3) is 3.27. The molecule has 17 heavy (non-hydrogen) atoms. The molecule has 0 aromatic heterocycles. The zero-order valence-corrected chi connectivity index (χ0v) is 10.6. The van der Waals surface area contributed by atoms with E-state index in [1.54, 1.807) is 26.1 Å². The lowest BCUT2D eigenvalue weighted by molar-refractivity contribution is 0.579. The van der Waals surface area contributed by atoms with Crippen molar-refractivity contribution in [3.63, 3.8) is 0 Å². The molecule has 0 bridgehead atoms. The van der Waals surface area contributed by atoms with Gasteiger partial charge in [0.1, 0.15) is 6.07 Å². The average Bonchev–Trinajstić information content (AvgIpc) is 2.29. The SMILES string of the molecule is CNCCNS(=O)(=O)c1cccc(C)c1C#N. The number of likely N-dealkylation sites (N-methyl/N-ethyl adjacent to an activating group) is 1. The van der Waals surface area contributed by atoms with Gasteiger partial charge in [0.2, 0.25) is 10.0 Å². The highest BCUT2D eigenvalue weighted by molar-refractivity contribution is 7.89. The van der Waals surface area contributed by atoms with Crippen LogP contribution in [0.25, 0.3) is 0 Å². The van der Waals surface area contributed by atoms with Crippen LogP contribution in [0.4, 0.5) is 0 Å². The Morgan fingerprint density at radius 3 is 2.65 bits per heavy atom. The molecule has 5 nitrogen and oxygen atoms in total. The van der Waals surface area contributed by atoms with Gasteiger partial charge in [-0.15, -0.1) is 0 Å². The quantitative estimate of drug-likeness (QED) is 0.743. The molecule has 0 aliphatic rings. The average molecular weight is 253 g/mol. The number of benzene rings is 1. The molecule has 1 rings (SSSR count). The summed E-state index contributed by atoms with van der Waals surface area (Å²) in [5, 5.41) is 11.8. The lowest BCUT2D eigenvalue weighted by atomic mass is 10.1. The van der Waals surface area contributed by atoms with Crippen LogP contribution < -0.4 is 10.0 Å². The van der Waals surface area contributed by atoms with E-state index in [9.17, 15) is 8.42 Å². The maximum absolute atomic E-state index is 11.9. The monoisotopic (exact) mass is 253 g/mol. The first kappa shape index (κ1) is 13.6. The van der Waals surface area contributed by atoms with Gasteiger partial charge >= 0.3 is 0 Å². The molecule has 0 atom stereocenters. The molecule has 0 aliphatic carbocycles. The maximum atomic E-state index is 11.9. The lowest BCUT2D eigenvalue weighted by Crippen LogP contribution is -2.31. The standard InChI is InChI=1S/C11H15N3O2S/c1-9-4-3-5-11(10(9)8-12)17(15,16)14-7-6-13-2/h3-5,13-14H,6-7H2,1-2H3. The van der Waals surface area contributed by atoms with E-state index in [1.807, 2.05) is 6.07 Å². The maximum Gasteiger partial charge on any atom is 0.241 e. The lowest BCUT2D eigenvalue weighted by Gasteiger charge is -2.09. The van der Waals surface area contributed by atoms with Crippen molar-refractivity contribution in [2.75, 3.05) is 20.1 Å². The fourth-order valence-electron chi connectivity index (χ4n) is 1.40. The first-order chi connectivity index (χ1) is 8.03. The zero-order valence-electron chi connectivity index (χ0n) is 9.82. The van der Waals surface area contributed by atoms with E-state index in [4.69, 9.17) is 5.26 Å². The number of hydrogen-bond donors (Lipinski definition) is 2. The third-order valence-electron chi connectivity index (χ3n) is 2.30. The number of aryl methyl sites for hydroxylation is 1. The fraction of sp³-hybridized carbons (Fsp3) is 0.364. The number of nitrogens with zero attached hydrogens (tertiary/aromatic N) is 1. The Hall–Kier alpha value is -1.42. The second-order valence-corrected chi connectivity index (χ2v) is 5.30. The summed E-state index contributed by atoms with van der Waals surface area (Å²) < 4.78 is 26.3. The van der Waals surface area contributed by atoms with E-state index in [2.05, 4.69) is 10.0 Å². The first-order valence-electron chi connectivity index (χ1n) is 5.17. The molecular weight excluding hydrogens is 238 g/mol. The van der Waals surface area contributed by atoms with Gasteiger partial charge in [-0.1, -0.05) is 12.1 Å². The molecular formula is C11H15N3O2S. The van der Waals surface area contributed by atoms with Gasteiger partial charge < -0.3 is 5.32 Å². The van der Waals surface area contributed by atoms with Gasteiger partial charge in [-0.2, -0.15) is 5.26 Å². The van der Waals surface area contributed by atoms with Crippen molar-refractivity contribution in [2.45, 2.75) is 11.8 Å².